The highest BCUT2D eigenvalue weighted by atomic mass is 15.0. The molecular formula is C17H19N3. The van der Waals surface area contributed by atoms with E-state index in [-0.39, 0.29) is 0 Å². The summed E-state index contributed by atoms with van der Waals surface area (Å²) >= 11 is 0. The molecule has 3 rings (SSSR count). The van der Waals surface area contributed by atoms with Crippen LogP contribution in [0, 0.1) is 6.92 Å². The largest absolute Gasteiger partial charge is 0.325 e. The molecule has 0 aliphatic rings. The zero-order valence-electron chi connectivity index (χ0n) is 11.9. The Morgan fingerprint density at radius 2 is 1.90 bits per heavy atom. The van der Waals surface area contributed by atoms with Gasteiger partial charge in [0.05, 0.1) is 12.0 Å². The molecule has 2 heterocycles. The van der Waals surface area contributed by atoms with E-state index < -0.39 is 0 Å². The molecule has 3 aromatic rings. The van der Waals surface area contributed by atoms with E-state index in [1.165, 1.54) is 22.4 Å². The molecule has 0 radical (unpaired) electrons. The Morgan fingerprint density at radius 1 is 1.15 bits per heavy atom. The molecule has 102 valence electrons. The van der Waals surface area contributed by atoms with Gasteiger partial charge in [-0.15, -0.1) is 0 Å². The number of rotatable bonds is 3. The van der Waals surface area contributed by atoms with Crippen LogP contribution >= 0.6 is 0 Å². The van der Waals surface area contributed by atoms with Gasteiger partial charge in [0, 0.05) is 23.3 Å². The van der Waals surface area contributed by atoms with E-state index in [0.717, 1.165) is 17.6 Å². The number of hydrogen-bond donors (Lipinski definition) is 1. The topological polar surface area (TPSA) is 43.3 Å². The van der Waals surface area contributed by atoms with Gasteiger partial charge in [0.15, 0.2) is 0 Å². The molecular weight excluding hydrogens is 246 g/mol. The van der Waals surface area contributed by atoms with Gasteiger partial charge >= 0.3 is 0 Å². The number of nitrogens with zero attached hydrogens (tertiary/aromatic N) is 2. The number of nitrogens with two attached hydrogens (primary N) is 1. The van der Waals surface area contributed by atoms with Crippen LogP contribution in [0.15, 0.2) is 42.7 Å². The van der Waals surface area contributed by atoms with Crippen molar-refractivity contribution in [3.05, 3.63) is 59.7 Å². The van der Waals surface area contributed by atoms with Gasteiger partial charge in [0.25, 0.3) is 0 Å². The van der Waals surface area contributed by atoms with Gasteiger partial charge in [0.1, 0.15) is 0 Å². The molecule has 20 heavy (non-hydrogen) atoms. The fourth-order valence-corrected chi connectivity index (χ4v) is 2.57. The smallest absolute Gasteiger partial charge is 0.0996 e. The molecule has 1 aromatic carbocycles. The maximum atomic E-state index is 5.66. The second-order valence-corrected chi connectivity index (χ2v) is 5.07. The fourth-order valence-electron chi connectivity index (χ4n) is 2.57. The maximum Gasteiger partial charge on any atom is 0.0996 e. The van der Waals surface area contributed by atoms with Crippen molar-refractivity contribution >= 4 is 5.52 Å². The van der Waals surface area contributed by atoms with E-state index in [2.05, 4.69) is 59.6 Å². The van der Waals surface area contributed by atoms with Crippen LogP contribution in [0.5, 0.6) is 0 Å². The third-order valence-electron chi connectivity index (χ3n) is 3.86. The van der Waals surface area contributed by atoms with Gasteiger partial charge in [-0.25, -0.2) is 4.98 Å². The first-order valence-corrected chi connectivity index (χ1v) is 6.99. The summed E-state index contributed by atoms with van der Waals surface area (Å²) in [7, 11) is 0. The van der Waals surface area contributed by atoms with Crippen molar-refractivity contribution in [3.8, 4) is 11.1 Å². The summed E-state index contributed by atoms with van der Waals surface area (Å²) < 4.78 is 2.11. The molecule has 0 amide bonds. The summed E-state index contributed by atoms with van der Waals surface area (Å²) in [5.74, 6) is 0. The Bertz CT molecular complexity index is 739. The van der Waals surface area contributed by atoms with Crippen LogP contribution < -0.4 is 5.73 Å². The monoisotopic (exact) mass is 265 g/mol. The molecule has 2 N–H and O–H groups in total. The van der Waals surface area contributed by atoms with Crippen LogP contribution in [-0.2, 0) is 13.0 Å². The number of hydrogen-bond acceptors (Lipinski definition) is 2. The van der Waals surface area contributed by atoms with Gasteiger partial charge < -0.3 is 10.1 Å². The molecule has 0 unspecified atom stereocenters. The molecule has 0 saturated carbocycles. The predicted molar refractivity (Wildman–Crippen MR) is 82.6 cm³/mol. The predicted octanol–water partition coefficient (Wildman–Crippen LogP) is 3.33. The zero-order chi connectivity index (χ0) is 14.1. The second kappa shape index (κ2) is 5.10. The lowest BCUT2D eigenvalue weighted by molar-refractivity contribution is 0.941. The first-order valence-electron chi connectivity index (χ1n) is 6.99. The van der Waals surface area contributed by atoms with Crippen LogP contribution in [0.25, 0.3) is 16.6 Å². The summed E-state index contributed by atoms with van der Waals surface area (Å²) in [5, 5.41) is 0. The third kappa shape index (κ3) is 2.10. The normalized spacial score (nSPS) is 11.2. The van der Waals surface area contributed by atoms with E-state index >= 15 is 0 Å². The van der Waals surface area contributed by atoms with Crippen LogP contribution in [-0.4, -0.2) is 9.38 Å². The lowest BCUT2D eigenvalue weighted by Crippen LogP contribution is -2.01. The second-order valence-electron chi connectivity index (χ2n) is 5.07. The van der Waals surface area contributed by atoms with Crippen molar-refractivity contribution in [2.45, 2.75) is 26.8 Å². The molecule has 0 aliphatic carbocycles. The number of fused-ring (bicyclic) bond motifs is 1. The molecule has 0 spiro atoms. The average molecular weight is 265 g/mol. The highest BCUT2D eigenvalue weighted by Gasteiger charge is 2.09. The van der Waals surface area contributed by atoms with Crippen molar-refractivity contribution < 1.29 is 0 Å². The van der Waals surface area contributed by atoms with Gasteiger partial charge in [-0.2, -0.15) is 0 Å². The Kier molecular flexibility index (Phi) is 3.28. The molecule has 3 nitrogen and oxygen atoms in total. The SMILES string of the molecule is CCc1ccc(-c2cc3cc(CN)ncn3c2C)cc1. The highest BCUT2D eigenvalue weighted by Crippen LogP contribution is 2.27. The molecule has 0 saturated heterocycles. The van der Waals surface area contributed by atoms with Crippen molar-refractivity contribution in [2.75, 3.05) is 0 Å². The number of benzene rings is 1. The number of aryl methyl sites for hydroxylation is 2. The van der Waals surface area contributed by atoms with Gasteiger partial charge in [-0.05, 0) is 36.6 Å². The van der Waals surface area contributed by atoms with E-state index in [1.54, 1.807) is 0 Å². The van der Waals surface area contributed by atoms with Crippen LogP contribution in [0.2, 0.25) is 0 Å². The van der Waals surface area contributed by atoms with Crippen molar-refractivity contribution in [2.24, 2.45) is 5.73 Å². The van der Waals surface area contributed by atoms with Gasteiger partial charge in [0.2, 0.25) is 0 Å². The Balaban J connectivity index is 2.12. The molecule has 0 fully saturated rings. The molecule has 2 aromatic heterocycles. The number of aromatic nitrogens is 2. The maximum absolute atomic E-state index is 5.66. The van der Waals surface area contributed by atoms with Crippen LogP contribution in [0.1, 0.15) is 23.9 Å². The zero-order valence-corrected chi connectivity index (χ0v) is 11.9. The van der Waals surface area contributed by atoms with E-state index in [1.807, 2.05) is 6.33 Å². The quantitative estimate of drug-likeness (QED) is 0.789. The Morgan fingerprint density at radius 3 is 2.55 bits per heavy atom. The molecule has 0 bridgehead atoms. The van der Waals surface area contributed by atoms with Gasteiger partial charge in [-0.3, -0.25) is 0 Å². The van der Waals surface area contributed by atoms with E-state index in [0.29, 0.717) is 6.54 Å². The summed E-state index contributed by atoms with van der Waals surface area (Å²) in [6, 6.07) is 13.0. The standard InChI is InChI=1S/C17H19N3/c1-3-13-4-6-14(7-5-13)17-9-16-8-15(10-18)19-11-20(16)12(17)2/h4-9,11H,3,10,18H2,1-2H3. The van der Waals surface area contributed by atoms with Crippen LogP contribution in [0.3, 0.4) is 0 Å². The Labute approximate surface area is 119 Å². The lowest BCUT2D eigenvalue weighted by Gasteiger charge is -2.03. The Hall–Kier alpha value is -2.13. The minimum atomic E-state index is 0.473. The average Bonchev–Trinajstić information content (AvgIpc) is 2.84. The summed E-state index contributed by atoms with van der Waals surface area (Å²) in [6.45, 7) is 4.77. The first kappa shape index (κ1) is 12.9. The summed E-state index contributed by atoms with van der Waals surface area (Å²) in [6.07, 6.45) is 2.93. The van der Waals surface area contributed by atoms with Crippen LogP contribution in [0.4, 0.5) is 0 Å². The summed E-state index contributed by atoms with van der Waals surface area (Å²) in [5.41, 5.74) is 12.8. The summed E-state index contributed by atoms with van der Waals surface area (Å²) in [4.78, 5) is 4.36. The lowest BCUT2D eigenvalue weighted by atomic mass is 10.0. The van der Waals surface area contributed by atoms with Gasteiger partial charge in [-0.1, -0.05) is 31.2 Å². The van der Waals surface area contributed by atoms with Crippen molar-refractivity contribution in [1.29, 1.82) is 0 Å². The minimum absolute atomic E-state index is 0.473. The van der Waals surface area contributed by atoms with E-state index in [9.17, 15) is 0 Å². The molecule has 0 aliphatic heterocycles. The molecule has 0 atom stereocenters. The molecule has 3 heteroatoms. The highest BCUT2D eigenvalue weighted by molar-refractivity contribution is 5.73. The van der Waals surface area contributed by atoms with Crippen molar-refractivity contribution in [1.82, 2.24) is 9.38 Å². The fraction of sp³-hybridized carbons (Fsp3) is 0.235. The first-order chi connectivity index (χ1) is 9.72. The van der Waals surface area contributed by atoms with Crippen molar-refractivity contribution in [3.63, 3.8) is 0 Å². The minimum Gasteiger partial charge on any atom is -0.325 e. The van der Waals surface area contributed by atoms with E-state index in [4.69, 9.17) is 5.73 Å². The third-order valence-corrected chi connectivity index (χ3v) is 3.86.